The summed E-state index contributed by atoms with van der Waals surface area (Å²) in [7, 11) is 0. The van der Waals surface area contributed by atoms with Crippen LogP contribution in [0.4, 0.5) is 51.2 Å². The van der Waals surface area contributed by atoms with Crippen LogP contribution in [0.3, 0.4) is 0 Å². The van der Waals surface area contributed by atoms with Crippen LogP contribution in [-0.2, 0) is 0 Å². The quantitative estimate of drug-likeness (QED) is 0.108. The molecule has 0 aliphatic rings. The molecule has 0 N–H and O–H groups in total. The maximum atomic E-state index is 6.44. The zero-order valence-corrected chi connectivity index (χ0v) is 52.1. The minimum absolute atomic E-state index is 0.886. The molecule has 0 fully saturated rings. The third-order valence-electron chi connectivity index (χ3n) is 18.7. The van der Waals surface area contributed by atoms with Crippen molar-refractivity contribution >= 4 is 117 Å². The average Bonchev–Trinajstić information content (AvgIpc) is 1.22. The third-order valence-corrected chi connectivity index (χ3v) is 18.7. The Morgan fingerprint density at radius 1 is 0.156 bits per heavy atom. The summed E-state index contributed by atoms with van der Waals surface area (Å²) < 4.78 is 19.1. The van der Waals surface area contributed by atoms with Crippen LogP contribution in [0.1, 0.15) is 0 Å². The fraction of sp³-hybridized carbons (Fsp3) is 0. The Morgan fingerprint density at radius 2 is 0.406 bits per heavy atom. The van der Waals surface area contributed by atoms with Crippen LogP contribution in [0.5, 0.6) is 0 Å². The molecule has 15 aromatic carbocycles. The molecule has 0 bridgehead atoms. The summed E-state index contributed by atoms with van der Waals surface area (Å²) in [6.07, 6.45) is 0. The van der Waals surface area contributed by atoms with Crippen molar-refractivity contribution in [3.63, 3.8) is 0 Å². The number of hydrogen-bond acceptors (Lipinski definition) is 6. The molecule has 6 heteroatoms. The van der Waals surface area contributed by atoms with Crippen molar-refractivity contribution in [1.29, 1.82) is 0 Å². The number of rotatable bonds is 14. The summed E-state index contributed by atoms with van der Waals surface area (Å²) in [4.78, 5) is 6.97. The molecule has 0 aliphatic carbocycles. The molecule has 0 saturated carbocycles. The number of para-hydroxylation sites is 7. The Hall–Kier alpha value is -12.9. The second-order valence-electron chi connectivity index (χ2n) is 24.4. The average molecular weight is 1230 g/mol. The molecular formula is C90H59N3O3. The molecule has 0 radical (unpaired) electrons. The zero-order valence-electron chi connectivity index (χ0n) is 52.1. The van der Waals surface area contributed by atoms with Crippen LogP contribution in [-0.4, -0.2) is 0 Å². The van der Waals surface area contributed by atoms with Crippen molar-refractivity contribution in [2.45, 2.75) is 0 Å². The smallest absolute Gasteiger partial charge is 0.143 e. The van der Waals surface area contributed by atoms with E-state index in [1.165, 1.54) is 0 Å². The minimum atomic E-state index is 0.886. The number of anilines is 9. The Morgan fingerprint density at radius 3 is 0.760 bits per heavy atom. The highest BCUT2D eigenvalue weighted by atomic mass is 16.3. The molecule has 452 valence electrons. The van der Waals surface area contributed by atoms with Gasteiger partial charge < -0.3 is 28.0 Å². The summed E-state index contributed by atoms with van der Waals surface area (Å²) in [5, 5.41) is 6.72. The van der Waals surface area contributed by atoms with Gasteiger partial charge in [-0.15, -0.1) is 0 Å². The molecule has 6 nitrogen and oxygen atoms in total. The van der Waals surface area contributed by atoms with Crippen LogP contribution in [0, 0.1) is 0 Å². The maximum Gasteiger partial charge on any atom is 0.143 e. The highest BCUT2D eigenvalue weighted by Gasteiger charge is 2.20. The minimum Gasteiger partial charge on any atom is -0.456 e. The molecule has 96 heavy (non-hydrogen) atoms. The molecule has 0 aliphatic heterocycles. The monoisotopic (exact) mass is 1230 g/mol. The van der Waals surface area contributed by atoms with Gasteiger partial charge in [0.1, 0.15) is 33.5 Å². The Balaban J connectivity index is 0.643. The molecule has 3 heterocycles. The van der Waals surface area contributed by atoms with Gasteiger partial charge >= 0.3 is 0 Å². The van der Waals surface area contributed by atoms with E-state index in [-0.39, 0.29) is 0 Å². The lowest BCUT2D eigenvalue weighted by atomic mass is 10.0. The normalized spacial score (nSPS) is 11.5. The van der Waals surface area contributed by atoms with Crippen molar-refractivity contribution < 1.29 is 13.3 Å². The van der Waals surface area contributed by atoms with Gasteiger partial charge in [-0.2, -0.15) is 0 Å². The highest BCUT2D eigenvalue weighted by molar-refractivity contribution is 6.11. The lowest BCUT2D eigenvalue weighted by Gasteiger charge is -2.27. The predicted molar refractivity (Wildman–Crippen MR) is 400 cm³/mol. The Labute approximate surface area is 555 Å². The summed E-state index contributed by atoms with van der Waals surface area (Å²) in [5.74, 6) is 0. The lowest BCUT2D eigenvalue weighted by molar-refractivity contribution is 0.669. The van der Waals surface area contributed by atoms with Gasteiger partial charge in [-0.25, -0.2) is 0 Å². The molecule has 0 unspecified atom stereocenters. The van der Waals surface area contributed by atoms with E-state index < -0.39 is 0 Å². The third kappa shape index (κ3) is 10.1. The number of hydrogen-bond donors (Lipinski definition) is 0. The summed E-state index contributed by atoms with van der Waals surface area (Å²) in [6, 6.07) is 127. The first kappa shape index (κ1) is 55.9. The first-order valence-electron chi connectivity index (χ1n) is 32.5. The van der Waals surface area contributed by atoms with Gasteiger partial charge in [-0.1, -0.05) is 218 Å². The largest absolute Gasteiger partial charge is 0.456 e. The first-order valence-corrected chi connectivity index (χ1v) is 32.5. The first-order chi connectivity index (χ1) is 47.6. The van der Waals surface area contributed by atoms with E-state index in [4.69, 9.17) is 13.3 Å². The molecule has 0 spiro atoms. The predicted octanol–water partition coefficient (Wildman–Crippen LogP) is 26.1. The van der Waals surface area contributed by atoms with Crippen molar-refractivity contribution in [1.82, 2.24) is 0 Å². The van der Waals surface area contributed by atoms with E-state index in [1.807, 2.05) is 36.4 Å². The molecule has 18 rings (SSSR count). The number of fused-ring (bicyclic) bond motifs is 9. The van der Waals surface area contributed by atoms with Crippen LogP contribution in [0.15, 0.2) is 371 Å². The number of furan rings is 3. The van der Waals surface area contributed by atoms with Gasteiger partial charge in [0.15, 0.2) is 0 Å². The van der Waals surface area contributed by atoms with Gasteiger partial charge in [-0.3, -0.25) is 0 Å². The fourth-order valence-corrected chi connectivity index (χ4v) is 13.9. The van der Waals surface area contributed by atoms with E-state index in [9.17, 15) is 0 Å². The van der Waals surface area contributed by atoms with Crippen molar-refractivity contribution in [3.05, 3.63) is 358 Å². The molecular weight excluding hydrogens is 1170 g/mol. The zero-order chi connectivity index (χ0) is 63.5. The molecule has 3 aromatic heterocycles. The van der Waals surface area contributed by atoms with E-state index in [1.54, 1.807) is 0 Å². The van der Waals surface area contributed by atoms with Gasteiger partial charge in [0.25, 0.3) is 0 Å². The van der Waals surface area contributed by atoms with Gasteiger partial charge in [0.05, 0.1) is 0 Å². The SMILES string of the molecule is c1ccc(N(c2ccc(-c3ccc(N(c4ccc(-c5ccc(N(c6ccccc6)c6ccc(-c7cccc8c7oc7ccccc78)cc6)cc5)cc4)c4ccc(-c5ccc6oc7ccccc7c6c5)cc4)cc3)cc2)c2ccc(-c3cccc4c3oc3ccccc34)cc2)cc1. The maximum absolute atomic E-state index is 6.44. The van der Waals surface area contributed by atoms with Gasteiger partial charge in [0, 0.05) is 94.6 Å². The molecule has 0 saturated heterocycles. The molecule has 18 aromatic rings. The highest BCUT2D eigenvalue weighted by Crippen LogP contribution is 2.44. The van der Waals surface area contributed by atoms with E-state index in [0.29, 0.717) is 0 Å². The molecule has 0 amide bonds. The van der Waals surface area contributed by atoms with Gasteiger partial charge in [-0.05, 0) is 184 Å². The second kappa shape index (κ2) is 23.7. The van der Waals surface area contributed by atoms with Crippen LogP contribution in [0.2, 0.25) is 0 Å². The Bertz CT molecular complexity index is 5550. The van der Waals surface area contributed by atoms with Crippen LogP contribution < -0.4 is 14.7 Å². The van der Waals surface area contributed by atoms with E-state index >= 15 is 0 Å². The second-order valence-corrected chi connectivity index (χ2v) is 24.4. The summed E-state index contributed by atoms with van der Waals surface area (Å²) in [6.45, 7) is 0. The van der Waals surface area contributed by atoms with Crippen molar-refractivity contribution in [2.75, 3.05) is 14.7 Å². The topological polar surface area (TPSA) is 49.1 Å². The number of benzene rings is 15. The Kier molecular flexibility index (Phi) is 13.8. The van der Waals surface area contributed by atoms with E-state index in [2.05, 4.69) is 336 Å². The van der Waals surface area contributed by atoms with Gasteiger partial charge in [0.2, 0.25) is 0 Å². The van der Waals surface area contributed by atoms with Crippen LogP contribution >= 0.6 is 0 Å². The van der Waals surface area contributed by atoms with Crippen LogP contribution in [0.25, 0.3) is 121 Å². The summed E-state index contributed by atoms with van der Waals surface area (Å²) in [5.41, 5.74) is 26.0. The van der Waals surface area contributed by atoms with Crippen molar-refractivity contribution in [2.24, 2.45) is 0 Å². The lowest BCUT2D eigenvalue weighted by Crippen LogP contribution is -2.10. The standard InChI is InChI=1S/C90H59N3O3/c1-3-15-68(16-4-1)91(75-54-39-65(40-55-75)77-22-13-24-82-79-19-7-11-27-86(79)95-89(77)82)70-44-29-60(30-45-70)62-33-48-72(49-34-62)93(74-52-37-64(38-53-74)67-43-58-88-84(59-67)81-21-9-10-26-85(81)94-88)73-50-35-63(36-51-73)61-31-46-71(47-32-61)92(69-17-5-2-6-18-69)76-56-41-66(42-57-76)78-23-14-25-83-80-20-8-12-28-87(80)96-90(78)83/h1-59H. The number of nitrogens with zero attached hydrogens (tertiary/aromatic N) is 3. The van der Waals surface area contributed by atoms with Crippen molar-refractivity contribution in [3.8, 4) is 55.6 Å². The summed E-state index contributed by atoms with van der Waals surface area (Å²) >= 11 is 0. The molecule has 0 atom stereocenters. The fourth-order valence-electron chi connectivity index (χ4n) is 13.9. The van der Waals surface area contributed by atoms with E-state index in [0.717, 1.165) is 173 Å².